The van der Waals surface area contributed by atoms with Gasteiger partial charge in [0.05, 0.1) is 0 Å². The van der Waals surface area contributed by atoms with E-state index in [-0.39, 0.29) is 0 Å². The summed E-state index contributed by atoms with van der Waals surface area (Å²) in [5, 5.41) is 0. The molecule has 0 radical (unpaired) electrons. The molecule has 0 aliphatic rings. The van der Waals surface area contributed by atoms with Gasteiger partial charge in [0.1, 0.15) is 0 Å². The van der Waals surface area contributed by atoms with Crippen LogP contribution in [0.1, 0.15) is 19.8 Å². The maximum atomic E-state index is 2.30. The molecule has 50 valence electrons. The largest absolute Gasteiger partial charge is 0.245 e. The molecular formula is C5H12INS. The van der Waals surface area contributed by atoms with Crippen molar-refractivity contribution in [1.82, 2.24) is 4.31 Å². The van der Waals surface area contributed by atoms with Crippen LogP contribution < -0.4 is 0 Å². The summed E-state index contributed by atoms with van der Waals surface area (Å²) in [5.74, 6) is 0. The summed E-state index contributed by atoms with van der Waals surface area (Å²) < 4.78 is 2.24. The minimum absolute atomic E-state index is 1.21. The first-order valence-electron chi connectivity index (χ1n) is 2.81. The zero-order chi connectivity index (χ0) is 6.41. The molecule has 8 heavy (non-hydrogen) atoms. The van der Waals surface area contributed by atoms with Gasteiger partial charge in [-0.1, -0.05) is 13.3 Å². The predicted octanol–water partition coefficient (Wildman–Crippen LogP) is 2.72. The second kappa shape index (κ2) is 6.16. The van der Waals surface area contributed by atoms with Gasteiger partial charge in [-0.05, 0) is 22.6 Å². The number of halogens is 1. The van der Waals surface area contributed by atoms with Gasteiger partial charge in [-0.15, -0.1) is 0 Å². The highest BCUT2D eigenvalue weighted by atomic mass is 127. The lowest BCUT2D eigenvalue weighted by Gasteiger charge is -2.08. The maximum Gasteiger partial charge on any atom is 0.0146 e. The Bertz CT molecular complexity index is 51.7. The van der Waals surface area contributed by atoms with Crippen molar-refractivity contribution < 1.29 is 0 Å². The first-order chi connectivity index (χ1) is 3.81. The molecule has 0 heterocycles. The van der Waals surface area contributed by atoms with Gasteiger partial charge in [-0.3, -0.25) is 0 Å². The molecule has 0 aliphatic heterocycles. The summed E-state index contributed by atoms with van der Waals surface area (Å²) in [6.07, 6.45) is 2.61. The molecule has 0 unspecified atom stereocenters. The molecule has 0 bridgehead atoms. The summed E-state index contributed by atoms with van der Waals surface area (Å²) in [7, 11) is 3.89. The van der Waals surface area contributed by atoms with E-state index in [0.29, 0.717) is 0 Å². The maximum absolute atomic E-state index is 2.30. The molecule has 3 heteroatoms. The third-order valence-corrected chi connectivity index (χ3v) is 3.38. The smallest absolute Gasteiger partial charge is 0.0146 e. The van der Waals surface area contributed by atoms with E-state index in [2.05, 4.69) is 39.5 Å². The van der Waals surface area contributed by atoms with Crippen molar-refractivity contribution in [2.45, 2.75) is 19.8 Å². The van der Waals surface area contributed by atoms with Crippen molar-refractivity contribution in [3.05, 3.63) is 0 Å². The van der Waals surface area contributed by atoms with Gasteiger partial charge in [-0.25, -0.2) is 4.31 Å². The van der Waals surface area contributed by atoms with E-state index in [1.54, 1.807) is 9.12 Å². The molecule has 0 atom stereocenters. The summed E-state index contributed by atoms with van der Waals surface area (Å²) >= 11 is 2.30. The van der Waals surface area contributed by atoms with Gasteiger partial charge in [0.2, 0.25) is 0 Å². The Kier molecular flexibility index (Phi) is 6.97. The van der Waals surface area contributed by atoms with Crippen LogP contribution in [0.15, 0.2) is 0 Å². The van der Waals surface area contributed by atoms with Crippen LogP contribution in [0.4, 0.5) is 0 Å². The quantitative estimate of drug-likeness (QED) is 0.553. The molecule has 0 saturated carbocycles. The van der Waals surface area contributed by atoms with Gasteiger partial charge in [0.25, 0.3) is 0 Å². The predicted molar refractivity (Wildman–Crippen MR) is 49.1 cm³/mol. The highest BCUT2D eigenvalue weighted by Gasteiger charge is 1.91. The van der Waals surface area contributed by atoms with Gasteiger partial charge < -0.3 is 0 Å². The van der Waals surface area contributed by atoms with Gasteiger partial charge in [0, 0.05) is 27.8 Å². The summed E-state index contributed by atoms with van der Waals surface area (Å²) in [5.41, 5.74) is 0. The van der Waals surface area contributed by atoms with Gasteiger partial charge >= 0.3 is 0 Å². The number of rotatable bonds is 4. The molecule has 1 nitrogen and oxygen atoms in total. The molecule has 0 aromatic carbocycles. The van der Waals surface area contributed by atoms with Crippen LogP contribution in [0.3, 0.4) is 0 Å². The number of nitrogens with zero attached hydrogens (tertiary/aromatic N) is 1. The Labute approximate surface area is 67.9 Å². The highest BCUT2D eigenvalue weighted by Crippen LogP contribution is 2.15. The molecule has 0 saturated heterocycles. The minimum atomic E-state index is 1.21. The first kappa shape index (κ1) is 9.04. The average Bonchev–Trinajstić information content (AvgIpc) is 1.83. The topological polar surface area (TPSA) is 3.24 Å². The van der Waals surface area contributed by atoms with Crippen LogP contribution >= 0.6 is 30.3 Å². The standard InChI is InChI=1S/C5H12INS/c1-3-4-5-7(2)8-6/h3-5H2,1-2H3. The summed E-state index contributed by atoms with van der Waals surface area (Å²) in [6.45, 7) is 3.43. The van der Waals surface area contributed by atoms with Crippen LogP contribution in [0.25, 0.3) is 0 Å². The molecule has 0 N–H and O–H groups in total. The number of hydrogen-bond donors (Lipinski definition) is 0. The van der Waals surface area contributed by atoms with Crippen LogP contribution in [0.5, 0.6) is 0 Å². The third kappa shape index (κ3) is 5.18. The van der Waals surface area contributed by atoms with E-state index >= 15 is 0 Å². The molecule has 0 amide bonds. The van der Waals surface area contributed by atoms with Crippen LogP contribution in [-0.4, -0.2) is 17.9 Å². The van der Waals surface area contributed by atoms with Crippen molar-refractivity contribution >= 4 is 30.3 Å². The molecular weight excluding hydrogens is 233 g/mol. The van der Waals surface area contributed by atoms with E-state index in [0.717, 1.165) is 0 Å². The van der Waals surface area contributed by atoms with Crippen molar-refractivity contribution in [3.63, 3.8) is 0 Å². The Hall–Kier alpha value is 1.04. The normalized spacial score (nSPS) is 10.5. The number of unbranched alkanes of at least 4 members (excludes halogenated alkanes) is 1. The van der Waals surface area contributed by atoms with Crippen molar-refractivity contribution in [2.24, 2.45) is 0 Å². The van der Waals surface area contributed by atoms with Crippen molar-refractivity contribution in [3.8, 4) is 0 Å². The molecule has 0 aromatic heterocycles. The van der Waals surface area contributed by atoms with Crippen molar-refractivity contribution in [1.29, 1.82) is 0 Å². The highest BCUT2D eigenvalue weighted by molar-refractivity contribution is 14.2. The van der Waals surface area contributed by atoms with Gasteiger partial charge in [-0.2, -0.15) is 0 Å². The van der Waals surface area contributed by atoms with Crippen LogP contribution in [0.2, 0.25) is 0 Å². The Morgan fingerprint density at radius 2 is 2.25 bits per heavy atom. The van der Waals surface area contributed by atoms with Crippen LogP contribution in [0, 0.1) is 0 Å². The Morgan fingerprint density at radius 1 is 1.62 bits per heavy atom. The lowest BCUT2D eigenvalue weighted by Crippen LogP contribution is -2.07. The summed E-state index contributed by atoms with van der Waals surface area (Å²) in [6, 6.07) is 0. The zero-order valence-corrected chi connectivity index (χ0v) is 8.33. The lowest BCUT2D eigenvalue weighted by molar-refractivity contribution is 0.543. The lowest BCUT2D eigenvalue weighted by atomic mass is 10.3. The van der Waals surface area contributed by atoms with E-state index < -0.39 is 0 Å². The fourth-order valence-electron chi connectivity index (χ4n) is 0.415. The van der Waals surface area contributed by atoms with E-state index in [1.165, 1.54) is 19.4 Å². The molecule has 0 spiro atoms. The molecule has 0 aliphatic carbocycles. The molecule has 0 fully saturated rings. The fraction of sp³-hybridized carbons (Fsp3) is 1.00. The number of hydrogen-bond acceptors (Lipinski definition) is 2. The average molecular weight is 245 g/mol. The second-order valence-electron chi connectivity index (χ2n) is 1.77. The SMILES string of the molecule is CCCCN(C)SI. The Balaban J connectivity index is 2.86. The van der Waals surface area contributed by atoms with Gasteiger partial charge in [0.15, 0.2) is 0 Å². The minimum Gasteiger partial charge on any atom is -0.245 e. The first-order valence-corrected chi connectivity index (χ1v) is 6.12. The van der Waals surface area contributed by atoms with E-state index in [1.807, 2.05) is 0 Å². The fourth-order valence-corrected chi connectivity index (χ4v) is 1.20. The van der Waals surface area contributed by atoms with E-state index in [4.69, 9.17) is 0 Å². The molecule has 0 aromatic rings. The zero-order valence-electron chi connectivity index (χ0n) is 5.35. The third-order valence-electron chi connectivity index (χ3n) is 0.944. The van der Waals surface area contributed by atoms with Crippen LogP contribution in [-0.2, 0) is 0 Å². The second-order valence-corrected chi connectivity index (χ2v) is 3.72. The summed E-state index contributed by atoms with van der Waals surface area (Å²) in [4.78, 5) is 0. The Morgan fingerprint density at radius 3 is 2.62 bits per heavy atom. The molecule has 0 rings (SSSR count). The van der Waals surface area contributed by atoms with E-state index in [9.17, 15) is 0 Å². The van der Waals surface area contributed by atoms with Crippen molar-refractivity contribution in [2.75, 3.05) is 13.6 Å². The monoisotopic (exact) mass is 245 g/mol.